The van der Waals surface area contributed by atoms with E-state index in [1.807, 2.05) is 0 Å². The molecule has 0 aliphatic rings. The molecule has 2 rings (SSSR count). The van der Waals surface area contributed by atoms with Crippen molar-refractivity contribution >= 4 is 24.7 Å². The van der Waals surface area contributed by atoms with E-state index in [-0.39, 0.29) is 44.2 Å². The summed E-state index contributed by atoms with van der Waals surface area (Å²) in [5.74, 6) is 0.460. The maximum absolute atomic E-state index is 9.91. The molecule has 2 aromatic rings. The number of phenolic OH excluding ortho intramolecular Hbond substituents is 2. The fraction of sp³-hybridized carbons (Fsp3) is 0. The molecular formula is C18H16O4Y. The molecule has 23 heavy (non-hydrogen) atoms. The molecule has 0 bridgehead atoms. The van der Waals surface area contributed by atoms with Crippen LogP contribution in [-0.2, 0) is 42.3 Å². The molecule has 0 fully saturated rings. The quantitative estimate of drug-likeness (QED) is 0.626. The first-order chi connectivity index (χ1) is 10.7. The van der Waals surface area contributed by atoms with E-state index < -0.39 is 0 Å². The molecule has 0 saturated heterocycles. The standard InChI is InChI=1S/2C9H8O2.Y/c2*10-7-1-2-8-3-5-9(11)6-4-8;/h2*1-7,11H;/b2*2-1-;. The van der Waals surface area contributed by atoms with Gasteiger partial charge in [-0.1, -0.05) is 36.4 Å². The van der Waals surface area contributed by atoms with E-state index in [0.29, 0.717) is 12.6 Å². The van der Waals surface area contributed by atoms with E-state index in [2.05, 4.69) is 0 Å². The van der Waals surface area contributed by atoms with Crippen LogP contribution in [0.5, 0.6) is 11.5 Å². The Hall–Kier alpha value is -2.04. The second-order valence-electron chi connectivity index (χ2n) is 4.17. The van der Waals surface area contributed by atoms with E-state index >= 15 is 0 Å². The number of allylic oxidation sites excluding steroid dienone is 2. The van der Waals surface area contributed by atoms with Crippen LogP contribution in [0.4, 0.5) is 0 Å². The Morgan fingerprint density at radius 2 is 0.913 bits per heavy atom. The molecule has 0 aliphatic carbocycles. The molecule has 0 aromatic heterocycles. The van der Waals surface area contributed by atoms with Crippen molar-refractivity contribution in [2.24, 2.45) is 0 Å². The maximum atomic E-state index is 9.91. The molecule has 0 atom stereocenters. The molecule has 5 heteroatoms. The maximum Gasteiger partial charge on any atom is 0.142 e. The molecule has 0 amide bonds. The summed E-state index contributed by atoms with van der Waals surface area (Å²) in [5, 5.41) is 17.8. The summed E-state index contributed by atoms with van der Waals surface area (Å²) in [4.78, 5) is 19.8. The molecule has 2 N–H and O–H groups in total. The fourth-order valence-electron chi connectivity index (χ4n) is 1.47. The molecule has 1 radical (unpaired) electrons. The Bertz CT molecular complexity index is 584. The molecular weight excluding hydrogens is 369 g/mol. The topological polar surface area (TPSA) is 74.6 Å². The van der Waals surface area contributed by atoms with Crippen LogP contribution in [0.3, 0.4) is 0 Å². The van der Waals surface area contributed by atoms with Crippen molar-refractivity contribution in [2.75, 3.05) is 0 Å². The largest absolute Gasteiger partial charge is 0.508 e. The number of benzene rings is 2. The summed E-state index contributed by atoms with van der Waals surface area (Å²) < 4.78 is 0. The third kappa shape index (κ3) is 9.56. The van der Waals surface area contributed by atoms with Crippen molar-refractivity contribution in [2.45, 2.75) is 0 Å². The van der Waals surface area contributed by atoms with Gasteiger partial charge in [0.2, 0.25) is 0 Å². The van der Waals surface area contributed by atoms with Crippen LogP contribution in [0, 0.1) is 0 Å². The van der Waals surface area contributed by atoms with Gasteiger partial charge >= 0.3 is 0 Å². The van der Waals surface area contributed by atoms with E-state index in [9.17, 15) is 9.59 Å². The molecule has 0 saturated carbocycles. The third-order valence-corrected chi connectivity index (χ3v) is 2.52. The number of phenols is 2. The van der Waals surface area contributed by atoms with Crippen LogP contribution in [0.2, 0.25) is 0 Å². The zero-order valence-corrected chi connectivity index (χ0v) is 15.2. The SMILES string of the molecule is O=C/C=C\c1ccc(O)cc1.O=C/C=C\c1ccc(O)cc1.[Y]. The van der Waals surface area contributed by atoms with Crippen molar-refractivity contribution in [1.82, 2.24) is 0 Å². The van der Waals surface area contributed by atoms with Crippen molar-refractivity contribution in [1.29, 1.82) is 0 Å². The number of aromatic hydroxyl groups is 2. The van der Waals surface area contributed by atoms with Crippen LogP contribution in [-0.4, -0.2) is 22.8 Å². The molecule has 0 heterocycles. The average Bonchev–Trinajstić information content (AvgIpc) is 2.54. The smallest absolute Gasteiger partial charge is 0.142 e. The summed E-state index contributed by atoms with van der Waals surface area (Å²) >= 11 is 0. The molecule has 2 aromatic carbocycles. The van der Waals surface area contributed by atoms with Gasteiger partial charge in [-0.2, -0.15) is 0 Å². The summed E-state index contributed by atoms with van der Waals surface area (Å²) in [6.45, 7) is 0. The molecule has 4 nitrogen and oxygen atoms in total. The Labute approximate surface area is 160 Å². The van der Waals surface area contributed by atoms with Crippen LogP contribution < -0.4 is 0 Å². The zero-order valence-electron chi connectivity index (χ0n) is 12.4. The third-order valence-electron chi connectivity index (χ3n) is 2.52. The van der Waals surface area contributed by atoms with Gasteiger partial charge in [0, 0.05) is 32.7 Å². The van der Waals surface area contributed by atoms with Crippen molar-refractivity contribution < 1.29 is 52.5 Å². The fourth-order valence-corrected chi connectivity index (χ4v) is 1.47. The van der Waals surface area contributed by atoms with Gasteiger partial charge in [-0.15, -0.1) is 0 Å². The second-order valence-corrected chi connectivity index (χ2v) is 4.17. The molecule has 0 aliphatic heterocycles. The average molecular weight is 385 g/mol. The van der Waals surface area contributed by atoms with Crippen LogP contribution in [0.25, 0.3) is 12.2 Å². The van der Waals surface area contributed by atoms with E-state index in [1.165, 1.54) is 12.2 Å². The van der Waals surface area contributed by atoms with Crippen LogP contribution >= 0.6 is 0 Å². The van der Waals surface area contributed by atoms with Crippen LogP contribution in [0.15, 0.2) is 60.7 Å². The summed E-state index contributed by atoms with van der Waals surface area (Å²) in [5.41, 5.74) is 1.80. The predicted molar refractivity (Wildman–Crippen MR) is 86.4 cm³/mol. The number of carbonyl (C=O) groups is 2. The first-order valence-corrected chi connectivity index (χ1v) is 6.47. The van der Waals surface area contributed by atoms with Gasteiger partial charge in [0.1, 0.15) is 24.1 Å². The van der Waals surface area contributed by atoms with Gasteiger partial charge in [0.15, 0.2) is 0 Å². The molecule has 0 spiro atoms. The van der Waals surface area contributed by atoms with Gasteiger partial charge < -0.3 is 10.2 Å². The minimum absolute atomic E-state index is 0. The van der Waals surface area contributed by atoms with E-state index in [4.69, 9.17) is 10.2 Å². The van der Waals surface area contributed by atoms with E-state index in [0.717, 1.165) is 11.1 Å². The van der Waals surface area contributed by atoms with Gasteiger partial charge in [-0.05, 0) is 47.5 Å². The molecule has 115 valence electrons. The minimum Gasteiger partial charge on any atom is -0.508 e. The van der Waals surface area contributed by atoms with Gasteiger partial charge in [-0.3, -0.25) is 9.59 Å². The number of hydrogen-bond donors (Lipinski definition) is 2. The number of carbonyl (C=O) groups excluding carboxylic acids is 2. The Morgan fingerprint density at radius 1 is 0.609 bits per heavy atom. The first-order valence-electron chi connectivity index (χ1n) is 6.47. The summed E-state index contributed by atoms with van der Waals surface area (Å²) in [6, 6.07) is 13.2. The van der Waals surface area contributed by atoms with E-state index in [1.54, 1.807) is 60.7 Å². The zero-order chi connectivity index (χ0) is 16.2. The first kappa shape index (κ1) is 21.0. The second kappa shape index (κ2) is 12.5. The van der Waals surface area contributed by atoms with Gasteiger partial charge in [-0.25, -0.2) is 0 Å². The molecule has 0 unspecified atom stereocenters. The van der Waals surface area contributed by atoms with Gasteiger partial charge in [0.05, 0.1) is 0 Å². The number of aldehydes is 2. The monoisotopic (exact) mass is 385 g/mol. The Balaban J connectivity index is 0.000000403. The van der Waals surface area contributed by atoms with Gasteiger partial charge in [0.25, 0.3) is 0 Å². The normalized spacial score (nSPS) is 9.74. The number of hydrogen-bond acceptors (Lipinski definition) is 4. The van der Waals surface area contributed by atoms with Crippen molar-refractivity contribution in [3.8, 4) is 11.5 Å². The number of rotatable bonds is 4. The van der Waals surface area contributed by atoms with Crippen molar-refractivity contribution in [3.63, 3.8) is 0 Å². The minimum atomic E-state index is 0. The Kier molecular flexibility index (Phi) is 11.4. The van der Waals surface area contributed by atoms with Crippen LogP contribution in [0.1, 0.15) is 11.1 Å². The summed E-state index contributed by atoms with van der Waals surface area (Å²) in [6.07, 6.45) is 7.59. The van der Waals surface area contributed by atoms with Crippen molar-refractivity contribution in [3.05, 3.63) is 71.8 Å². The Morgan fingerprint density at radius 3 is 1.17 bits per heavy atom. The predicted octanol–water partition coefficient (Wildman–Crippen LogP) is 3.21. The summed E-state index contributed by atoms with van der Waals surface area (Å²) in [7, 11) is 0.